The molecule has 0 rings (SSSR count). The summed E-state index contributed by atoms with van der Waals surface area (Å²) < 4.78 is 0. The molecule has 0 bridgehead atoms. The number of nitrogens with zero attached hydrogens (tertiary/aromatic N) is 1. The normalized spacial score (nSPS) is 14.6. The van der Waals surface area contributed by atoms with E-state index in [2.05, 4.69) is 39.5 Å². The van der Waals surface area contributed by atoms with Crippen molar-refractivity contribution in [3.63, 3.8) is 0 Å². The van der Waals surface area contributed by atoms with E-state index >= 15 is 0 Å². The van der Waals surface area contributed by atoms with Gasteiger partial charge in [0.1, 0.15) is 0 Å². The van der Waals surface area contributed by atoms with Crippen LogP contribution in [0.3, 0.4) is 0 Å². The summed E-state index contributed by atoms with van der Waals surface area (Å²) in [6.45, 7) is 15.7. The lowest BCUT2D eigenvalue weighted by Crippen LogP contribution is -2.29. The van der Waals surface area contributed by atoms with Gasteiger partial charge in [-0.2, -0.15) is 0 Å². The minimum atomic E-state index is 0.308. The van der Waals surface area contributed by atoms with Crippen LogP contribution in [0.1, 0.15) is 47.5 Å². The molecule has 0 aromatic rings. The van der Waals surface area contributed by atoms with Crippen LogP contribution < -0.4 is 5.73 Å². The standard InChI is InChI=1S/C13H30N2/c1-6-15(7-2)9-8-12(3)10-13(4,5)11-14/h12H,6-11,14H2,1-5H3. The van der Waals surface area contributed by atoms with E-state index in [1.54, 1.807) is 0 Å². The Morgan fingerprint density at radius 3 is 2.13 bits per heavy atom. The highest BCUT2D eigenvalue weighted by molar-refractivity contribution is 4.73. The maximum Gasteiger partial charge on any atom is -0.00164 e. The Balaban J connectivity index is 3.78. The van der Waals surface area contributed by atoms with Crippen molar-refractivity contribution in [2.45, 2.75) is 47.5 Å². The molecule has 2 nitrogen and oxygen atoms in total. The Kier molecular flexibility index (Phi) is 7.20. The van der Waals surface area contributed by atoms with Gasteiger partial charge in [-0.15, -0.1) is 0 Å². The Hall–Kier alpha value is -0.0800. The van der Waals surface area contributed by atoms with Gasteiger partial charge in [-0.1, -0.05) is 34.6 Å². The van der Waals surface area contributed by atoms with E-state index in [4.69, 9.17) is 5.73 Å². The van der Waals surface area contributed by atoms with Crippen LogP contribution in [0.25, 0.3) is 0 Å². The van der Waals surface area contributed by atoms with Crippen molar-refractivity contribution in [2.75, 3.05) is 26.2 Å². The Labute approximate surface area is 96.2 Å². The molecule has 0 saturated heterocycles. The van der Waals surface area contributed by atoms with Crippen LogP contribution in [-0.4, -0.2) is 31.1 Å². The summed E-state index contributed by atoms with van der Waals surface area (Å²) in [6.07, 6.45) is 2.54. The van der Waals surface area contributed by atoms with Gasteiger partial charge in [0.2, 0.25) is 0 Å². The van der Waals surface area contributed by atoms with Crippen molar-refractivity contribution in [2.24, 2.45) is 17.1 Å². The molecular formula is C13H30N2. The summed E-state index contributed by atoms with van der Waals surface area (Å²) in [6, 6.07) is 0. The van der Waals surface area contributed by atoms with Crippen molar-refractivity contribution in [1.29, 1.82) is 0 Å². The third kappa shape index (κ3) is 6.91. The van der Waals surface area contributed by atoms with Gasteiger partial charge >= 0.3 is 0 Å². The van der Waals surface area contributed by atoms with Crippen LogP contribution in [-0.2, 0) is 0 Å². The predicted molar refractivity (Wildman–Crippen MR) is 69.0 cm³/mol. The predicted octanol–water partition coefficient (Wildman–Crippen LogP) is 2.73. The van der Waals surface area contributed by atoms with Gasteiger partial charge < -0.3 is 10.6 Å². The Morgan fingerprint density at radius 1 is 1.20 bits per heavy atom. The third-order valence-electron chi connectivity index (χ3n) is 3.29. The first-order valence-electron chi connectivity index (χ1n) is 6.37. The third-order valence-corrected chi connectivity index (χ3v) is 3.29. The molecule has 0 fully saturated rings. The molecule has 0 amide bonds. The SMILES string of the molecule is CCN(CC)CCC(C)CC(C)(C)CN. The molecule has 0 heterocycles. The van der Waals surface area contributed by atoms with Crippen LogP contribution in [0.15, 0.2) is 0 Å². The van der Waals surface area contributed by atoms with E-state index in [9.17, 15) is 0 Å². The molecule has 0 aliphatic carbocycles. The lowest BCUT2D eigenvalue weighted by molar-refractivity contribution is 0.235. The number of nitrogens with two attached hydrogens (primary N) is 1. The average Bonchev–Trinajstić information content (AvgIpc) is 2.19. The topological polar surface area (TPSA) is 29.3 Å². The Morgan fingerprint density at radius 2 is 1.73 bits per heavy atom. The monoisotopic (exact) mass is 214 g/mol. The largest absolute Gasteiger partial charge is 0.330 e. The zero-order valence-corrected chi connectivity index (χ0v) is 11.3. The van der Waals surface area contributed by atoms with Gasteiger partial charge in [0, 0.05) is 0 Å². The van der Waals surface area contributed by atoms with E-state index in [0.717, 1.165) is 12.5 Å². The fourth-order valence-corrected chi connectivity index (χ4v) is 2.07. The number of hydrogen-bond acceptors (Lipinski definition) is 2. The summed E-state index contributed by atoms with van der Waals surface area (Å²) in [7, 11) is 0. The van der Waals surface area contributed by atoms with Gasteiger partial charge in [0.05, 0.1) is 0 Å². The molecule has 2 N–H and O–H groups in total. The molecule has 2 heteroatoms. The lowest BCUT2D eigenvalue weighted by atomic mass is 9.82. The van der Waals surface area contributed by atoms with Gasteiger partial charge in [-0.05, 0) is 50.4 Å². The fraction of sp³-hybridized carbons (Fsp3) is 1.00. The second-order valence-corrected chi connectivity index (χ2v) is 5.49. The highest BCUT2D eigenvalue weighted by Gasteiger charge is 2.19. The van der Waals surface area contributed by atoms with Crippen molar-refractivity contribution in [3.05, 3.63) is 0 Å². The van der Waals surface area contributed by atoms with Crippen molar-refractivity contribution in [1.82, 2.24) is 4.90 Å². The average molecular weight is 214 g/mol. The van der Waals surface area contributed by atoms with Gasteiger partial charge in [-0.3, -0.25) is 0 Å². The second-order valence-electron chi connectivity index (χ2n) is 5.49. The highest BCUT2D eigenvalue weighted by atomic mass is 15.1. The van der Waals surface area contributed by atoms with Crippen LogP contribution >= 0.6 is 0 Å². The zero-order valence-electron chi connectivity index (χ0n) is 11.3. The lowest BCUT2D eigenvalue weighted by Gasteiger charge is -2.28. The maximum absolute atomic E-state index is 5.75. The molecule has 1 atom stereocenters. The smallest absolute Gasteiger partial charge is 0.00164 e. The first kappa shape index (κ1) is 14.9. The summed E-state index contributed by atoms with van der Waals surface area (Å²) in [4.78, 5) is 2.49. The van der Waals surface area contributed by atoms with Gasteiger partial charge in [0.25, 0.3) is 0 Å². The molecule has 92 valence electrons. The second kappa shape index (κ2) is 7.24. The van der Waals surface area contributed by atoms with Gasteiger partial charge in [0.15, 0.2) is 0 Å². The highest BCUT2D eigenvalue weighted by Crippen LogP contribution is 2.25. The summed E-state index contributed by atoms with van der Waals surface area (Å²) in [5.74, 6) is 0.782. The number of hydrogen-bond donors (Lipinski definition) is 1. The first-order valence-corrected chi connectivity index (χ1v) is 6.37. The summed E-state index contributed by atoms with van der Waals surface area (Å²) >= 11 is 0. The minimum absolute atomic E-state index is 0.308. The van der Waals surface area contributed by atoms with Crippen molar-refractivity contribution in [3.8, 4) is 0 Å². The van der Waals surface area contributed by atoms with Crippen LogP contribution in [0.2, 0.25) is 0 Å². The molecule has 0 spiro atoms. The van der Waals surface area contributed by atoms with Crippen LogP contribution in [0.5, 0.6) is 0 Å². The van der Waals surface area contributed by atoms with E-state index < -0.39 is 0 Å². The molecule has 1 unspecified atom stereocenters. The molecule has 0 aliphatic heterocycles. The van der Waals surface area contributed by atoms with Crippen LogP contribution in [0.4, 0.5) is 0 Å². The van der Waals surface area contributed by atoms with Gasteiger partial charge in [-0.25, -0.2) is 0 Å². The summed E-state index contributed by atoms with van der Waals surface area (Å²) in [5.41, 5.74) is 6.06. The van der Waals surface area contributed by atoms with E-state index in [-0.39, 0.29) is 0 Å². The van der Waals surface area contributed by atoms with Crippen molar-refractivity contribution >= 4 is 0 Å². The molecule has 15 heavy (non-hydrogen) atoms. The number of rotatable bonds is 8. The molecule has 0 aromatic carbocycles. The molecule has 0 aliphatic rings. The Bertz CT molecular complexity index is 151. The molecule has 0 radical (unpaired) electrons. The van der Waals surface area contributed by atoms with E-state index in [1.807, 2.05) is 0 Å². The quantitative estimate of drug-likeness (QED) is 0.673. The molecule has 0 saturated carbocycles. The fourth-order valence-electron chi connectivity index (χ4n) is 2.07. The first-order chi connectivity index (χ1) is 6.95. The van der Waals surface area contributed by atoms with E-state index in [1.165, 1.54) is 32.5 Å². The van der Waals surface area contributed by atoms with Crippen LogP contribution in [0, 0.1) is 11.3 Å². The van der Waals surface area contributed by atoms with E-state index in [0.29, 0.717) is 5.41 Å². The minimum Gasteiger partial charge on any atom is -0.330 e. The maximum atomic E-state index is 5.75. The zero-order chi connectivity index (χ0) is 11.9. The summed E-state index contributed by atoms with van der Waals surface area (Å²) in [5, 5.41) is 0. The molecular weight excluding hydrogens is 184 g/mol. The molecule has 0 aromatic heterocycles. The van der Waals surface area contributed by atoms with Crippen molar-refractivity contribution < 1.29 is 0 Å².